The second kappa shape index (κ2) is 9.15. The number of hydrogen-bond acceptors (Lipinski definition) is 3. The third-order valence-electron chi connectivity index (χ3n) is 2.07. The molecule has 0 unspecified atom stereocenters. The van der Waals surface area contributed by atoms with E-state index in [1.165, 1.54) is 12.5 Å². The molecule has 0 aliphatic heterocycles. The lowest BCUT2D eigenvalue weighted by atomic mass is 10.1. The Morgan fingerprint density at radius 3 is 2.44 bits per heavy atom. The van der Waals surface area contributed by atoms with Gasteiger partial charge in [0.15, 0.2) is 0 Å². The van der Waals surface area contributed by atoms with Crippen molar-refractivity contribution >= 4 is 21.1 Å². The molecule has 0 heterocycles. The van der Waals surface area contributed by atoms with Crippen molar-refractivity contribution in [2.75, 3.05) is 0 Å². The van der Waals surface area contributed by atoms with Crippen molar-refractivity contribution in [3.63, 3.8) is 0 Å². The van der Waals surface area contributed by atoms with Crippen molar-refractivity contribution < 1.29 is 18.3 Å². The fourth-order valence-electron chi connectivity index (χ4n) is 1.23. The summed E-state index contributed by atoms with van der Waals surface area (Å²) < 4.78 is 21.3. The Morgan fingerprint density at radius 2 is 1.94 bits per heavy atom. The van der Waals surface area contributed by atoms with Crippen molar-refractivity contribution in [2.45, 2.75) is 45.4 Å². The highest BCUT2D eigenvalue weighted by molar-refractivity contribution is 7.73. The van der Waals surface area contributed by atoms with Gasteiger partial charge in [0, 0.05) is 0 Å². The molecule has 0 saturated carbocycles. The Balaban J connectivity index is 4.08. The first-order chi connectivity index (χ1) is 7.57. The van der Waals surface area contributed by atoms with Gasteiger partial charge in [-0.15, -0.1) is 0 Å². The molecule has 0 atom stereocenters. The largest absolute Gasteiger partial charge is 0.481 e. The van der Waals surface area contributed by atoms with Gasteiger partial charge in [-0.25, -0.2) is 0 Å². The molecule has 0 aromatic heterocycles. The molecule has 0 aliphatic rings. The first-order valence-corrected chi connectivity index (χ1v) is 6.48. The van der Waals surface area contributed by atoms with Crippen LogP contribution < -0.4 is 0 Å². The number of carboxylic acids is 1. The zero-order valence-corrected chi connectivity index (χ0v) is 10.3. The Kier molecular flexibility index (Phi) is 8.52. The van der Waals surface area contributed by atoms with E-state index in [0.717, 1.165) is 25.7 Å². The molecule has 0 rings (SSSR count). The van der Waals surface area contributed by atoms with Gasteiger partial charge in [-0.3, -0.25) is 4.79 Å². The molecule has 0 bridgehead atoms. The molecule has 4 nitrogen and oxygen atoms in total. The van der Waals surface area contributed by atoms with Gasteiger partial charge in [-0.2, -0.15) is 8.42 Å². The third-order valence-corrected chi connectivity index (χ3v) is 2.78. The number of carboxylic acid groups (broad SMARTS) is 1. The first kappa shape index (κ1) is 14.9. The van der Waals surface area contributed by atoms with Crippen LogP contribution in [0.5, 0.6) is 0 Å². The van der Waals surface area contributed by atoms with Crippen molar-refractivity contribution in [1.82, 2.24) is 0 Å². The van der Waals surface area contributed by atoms with Crippen LogP contribution in [0, 0.1) is 0 Å². The number of hydrogen-bond donors (Lipinski definition) is 1. The number of carbonyl (C=O) groups is 1. The predicted molar refractivity (Wildman–Crippen MR) is 64.1 cm³/mol. The molecule has 0 spiro atoms. The summed E-state index contributed by atoms with van der Waals surface area (Å²) in [6.45, 7) is 2.12. The molecule has 92 valence electrons. The van der Waals surface area contributed by atoms with Gasteiger partial charge in [0.05, 0.1) is 11.3 Å². The van der Waals surface area contributed by atoms with E-state index < -0.39 is 22.7 Å². The lowest BCUT2D eigenvalue weighted by Gasteiger charge is -1.94. The van der Waals surface area contributed by atoms with Crippen LogP contribution in [0.15, 0.2) is 12.2 Å². The zero-order valence-electron chi connectivity index (χ0n) is 9.48. The topological polar surface area (TPSA) is 71.4 Å². The lowest BCUT2D eigenvalue weighted by Crippen LogP contribution is -2.04. The summed E-state index contributed by atoms with van der Waals surface area (Å²) in [5, 5.41) is 8.48. The fraction of sp³-hybridized carbons (Fsp3) is 0.636. The molecule has 0 saturated heterocycles. The Bertz CT molecular complexity index is 357. The summed E-state index contributed by atoms with van der Waals surface area (Å²) in [7, 11) is -2.43. The van der Waals surface area contributed by atoms with E-state index >= 15 is 0 Å². The summed E-state index contributed by atoms with van der Waals surface area (Å²) in [5.74, 6) is -1.13. The maximum atomic E-state index is 10.6. The molecule has 0 aliphatic carbocycles. The molecule has 0 aromatic rings. The Labute approximate surface area is 97.5 Å². The molecular formula is C11H18O4S. The van der Waals surface area contributed by atoms with E-state index in [9.17, 15) is 13.2 Å². The standard InChI is InChI=1S/C11H18O4S/c1-2-3-4-5-6-7-8-10(16(14)15)9-11(12)13/h7-8H,2-6,9H2,1H3,(H,12,13). The van der Waals surface area contributed by atoms with Crippen LogP contribution in [-0.2, 0) is 15.1 Å². The van der Waals surface area contributed by atoms with E-state index in [-0.39, 0.29) is 4.86 Å². The fourth-order valence-corrected chi connectivity index (χ4v) is 1.67. The summed E-state index contributed by atoms with van der Waals surface area (Å²) in [4.78, 5) is 10.3. The average molecular weight is 246 g/mol. The SMILES string of the molecule is CCCCCCC=CC(CC(=O)O)=S(=O)=O. The second-order valence-corrected chi connectivity index (χ2v) is 4.52. The highest BCUT2D eigenvalue weighted by atomic mass is 32.2. The molecular weight excluding hydrogens is 228 g/mol. The third kappa shape index (κ3) is 8.23. The lowest BCUT2D eigenvalue weighted by molar-refractivity contribution is -0.135. The summed E-state index contributed by atoms with van der Waals surface area (Å²) in [6, 6.07) is 0. The van der Waals surface area contributed by atoms with Gasteiger partial charge in [0.25, 0.3) is 0 Å². The Morgan fingerprint density at radius 1 is 1.25 bits per heavy atom. The Hall–Kier alpha value is -1.10. The van der Waals surface area contributed by atoms with Gasteiger partial charge < -0.3 is 5.11 Å². The van der Waals surface area contributed by atoms with E-state index in [4.69, 9.17) is 5.11 Å². The summed E-state index contributed by atoms with van der Waals surface area (Å²) in [5.41, 5.74) is 0. The minimum atomic E-state index is -2.43. The monoisotopic (exact) mass is 246 g/mol. The normalized spacial score (nSPS) is 10.6. The van der Waals surface area contributed by atoms with E-state index in [1.54, 1.807) is 6.08 Å². The van der Waals surface area contributed by atoms with Crippen LogP contribution in [0.1, 0.15) is 45.4 Å². The van der Waals surface area contributed by atoms with Gasteiger partial charge in [0.2, 0.25) is 10.3 Å². The van der Waals surface area contributed by atoms with Crippen LogP contribution >= 0.6 is 0 Å². The van der Waals surface area contributed by atoms with E-state index in [0.29, 0.717) is 0 Å². The molecule has 0 aromatic carbocycles. The number of aliphatic carboxylic acids is 1. The van der Waals surface area contributed by atoms with Crippen LogP contribution in [0.25, 0.3) is 0 Å². The van der Waals surface area contributed by atoms with Gasteiger partial charge in [-0.05, 0) is 18.9 Å². The van der Waals surface area contributed by atoms with Crippen molar-refractivity contribution in [3.8, 4) is 0 Å². The molecule has 5 heteroatoms. The smallest absolute Gasteiger partial charge is 0.308 e. The maximum absolute atomic E-state index is 10.6. The molecule has 0 radical (unpaired) electrons. The molecule has 0 fully saturated rings. The van der Waals surface area contributed by atoms with Crippen molar-refractivity contribution in [2.24, 2.45) is 0 Å². The number of unbranched alkanes of at least 4 members (excludes halogenated alkanes) is 4. The highest BCUT2D eigenvalue weighted by Gasteiger charge is 2.03. The van der Waals surface area contributed by atoms with Crippen molar-refractivity contribution in [3.05, 3.63) is 12.2 Å². The molecule has 0 amide bonds. The van der Waals surface area contributed by atoms with Gasteiger partial charge >= 0.3 is 5.97 Å². The van der Waals surface area contributed by atoms with Gasteiger partial charge in [-0.1, -0.05) is 32.3 Å². The van der Waals surface area contributed by atoms with Crippen LogP contribution in [0.2, 0.25) is 0 Å². The molecule has 16 heavy (non-hydrogen) atoms. The summed E-state index contributed by atoms with van der Waals surface area (Å²) in [6.07, 6.45) is 7.93. The predicted octanol–water partition coefficient (Wildman–Crippen LogP) is 2.04. The van der Waals surface area contributed by atoms with Crippen LogP contribution in [0.4, 0.5) is 0 Å². The minimum Gasteiger partial charge on any atom is -0.481 e. The summed E-state index contributed by atoms with van der Waals surface area (Å²) >= 11 is 0. The first-order valence-electron chi connectivity index (χ1n) is 5.41. The minimum absolute atomic E-state index is 0.0667. The average Bonchev–Trinajstić information content (AvgIpc) is 2.20. The van der Waals surface area contributed by atoms with E-state index in [1.807, 2.05) is 0 Å². The van der Waals surface area contributed by atoms with Gasteiger partial charge in [0.1, 0.15) is 0 Å². The van der Waals surface area contributed by atoms with Crippen LogP contribution in [-0.4, -0.2) is 24.4 Å². The quantitative estimate of drug-likeness (QED) is 0.404. The van der Waals surface area contributed by atoms with E-state index in [2.05, 4.69) is 6.92 Å². The zero-order chi connectivity index (χ0) is 12.4. The van der Waals surface area contributed by atoms with Crippen LogP contribution in [0.3, 0.4) is 0 Å². The highest BCUT2D eigenvalue weighted by Crippen LogP contribution is 2.03. The van der Waals surface area contributed by atoms with Crippen molar-refractivity contribution in [1.29, 1.82) is 0 Å². The second-order valence-electron chi connectivity index (χ2n) is 3.52. The maximum Gasteiger partial charge on any atom is 0.308 e. The number of allylic oxidation sites excluding steroid dienone is 2. The number of rotatable bonds is 8. The molecule has 1 N–H and O–H groups in total.